The summed E-state index contributed by atoms with van der Waals surface area (Å²) in [6, 6.07) is 3.81. The van der Waals surface area contributed by atoms with E-state index < -0.39 is 16.3 Å². The van der Waals surface area contributed by atoms with Crippen LogP contribution in [0.25, 0.3) is 0 Å². The second-order valence-electron chi connectivity index (χ2n) is 3.41. The van der Waals surface area contributed by atoms with Crippen LogP contribution >= 0.6 is 0 Å². The van der Waals surface area contributed by atoms with Gasteiger partial charge in [-0.05, 0) is 13.0 Å². The largest absolute Gasteiger partial charge is 0.364 e. The van der Waals surface area contributed by atoms with Crippen LogP contribution in [0.2, 0.25) is 0 Å². The van der Waals surface area contributed by atoms with E-state index in [0.717, 1.165) is 0 Å². The van der Waals surface area contributed by atoms with Crippen molar-refractivity contribution in [1.29, 1.82) is 0 Å². The number of hydrogen-bond acceptors (Lipinski definition) is 3. The molecule has 1 atom stereocenters. The third kappa shape index (κ3) is 1.26. The molecule has 1 aromatic rings. The van der Waals surface area contributed by atoms with E-state index in [2.05, 4.69) is 0 Å². The van der Waals surface area contributed by atoms with Crippen molar-refractivity contribution in [3.8, 4) is 0 Å². The average molecular weight is 197 g/mol. The Labute approximate surface area is 79.5 Å². The quantitative estimate of drug-likeness (QED) is 0.413. The molecule has 0 aliphatic carbocycles. The van der Waals surface area contributed by atoms with Crippen molar-refractivity contribution in [2.75, 3.05) is 6.61 Å². The van der Waals surface area contributed by atoms with Crippen molar-refractivity contribution in [3.05, 3.63) is 39.7 Å². The number of ether oxygens (including phenoxy) is 1. The molecule has 2 rings (SSSR count). The van der Waals surface area contributed by atoms with Gasteiger partial charge in [-0.1, -0.05) is 6.07 Å². The van der Waals surface area contributed by atoms with E-state index in [0.29, 0.717) is 6.61 Å². The van der Waals surface area contributed by atoms with Crippen LogP contribution < -0.4 is 0 Å². The highest BCUT2D eigenvalue weighted by Crippen LogP contribution is 2.43. The van der Waals surface area contributed by atoms with Gasteiger partial charge in [0.05, 0.1) is 17.1 Å². The summed E-state index contributed by atoms with van der Waals surface area (Å²) in [6.07, 6.45) is 0. The summed E-state index contributed by atoms with van der Waals surface area (Å²) in [5.41, 5.74) is -0.983. The predicted octanol–water partition coefficient (Wildman–Crippen LogP) is 1.98. The lowest BCUT2D eigenvalue weighted by Gasteiger charge is -2.06. The number of hydrogen-bond donors (Lipinski definition) is 0. The predicted molar refractivity (Wildman–Crippen MR) is 46.4 cm³/mol. The molecule has 4 nitrogen and oxygen atoms in total. The smallest absolute Gasteiger partial charge is 0.278 e. The van der Waals surface area contributed by atoms with Gasteiger partial charge in [0.1, 0.15) is 11.4 Å². The summed E-state index contributed by atoms with van der Waals surface area (Å²) in [6.45, 7) is 1.97. The number of benzene rings is 1. The highest BCUT2D eigenvalue weighted by molar-refractivity contribution is 5.46. The Morgan fingerprint density at radius 3 is 2.79 bits per heavy atom. The lowest BCUT2D eigenvalue weighted by Crippen LogP contribution is -2.09. The van der Waals surface area contributed by atoms with E-state index in [1.807, 2.05) is 0 Å². The average Bonchev–Trinajstić information content (AvgIpc) is 2.84. The zero-order valence-corrected chi connectivity index (χ0v) is 7.49. The zero-order valence-electron chi connectivity index (χ0n) is 7.49. The van der Waals surface area contributed by atoms with E-state index >= 15 is 0 Å². The molecule has 0 bridgehead atoms. The number of nitro groups is 1. The first-order valence-corrected chi connectivity index (χ1v) is 4.12. The summed E-state index contributed by atoms with van der Waals surface area (Å²) >= 11 is 0. The second-order valence-corrected chi connectivity index (χ2v) is 3.41. The van der Waals surface area contributed by atoms with Gasteiger partial charge in [-0.25, -0.2) is 4.39 Å². The molecule has 0 amide bonds. The highest BCUT2D eigenvalue weighted by atomic mass is 19.1. The minimum Gasteiger partial charge on any atom is -0.364 e. The maximum absolute atomic E-state index is 13.4. The molecular formula is C9H8FNO3. The summed E-state index contributed by atoms with van der Waals surface area (Å²) < 4.78 is 18.4. The Bertz CT molecular complexity index is 401. The molecule has 5 heteroatoms. The molecule has 74 valence electrons. The van der Waals surface area contributed by atoms with Gasteiger partial charge in [-0.3, -0.25) is 10.1 Å². The van der Waals surface area contributed by atoms with Crippen LogP contribution in [0.15, 0.2) is 18.2 Å². The van der Waals surface area contributed by atoms with Crippen LogP contribution in [0, 0.1) is 15.9 Å². The first kappa shape index (κ1) is 9.08. The number of epoxide rings is 1. The monoisotopic (exact) mass is 197 g/mol. The first-order chi connectivity index (χ1) is 6.54. The summed E-state index contributed by atoms with van der Waals surface area (Å²) in [5.74, 6) is -0.584. The Balaban J connectivity index is 2.60. The molecule has 1 unspecified atom stereocenters. The summed E-state index contributed by atoms with van der Waals surface area (Å²) in [4.78, 5) is 10.0. The van der Waals surface area contributed by atoms with Crippen molar-refractivity contribution in [3.63, 3.8) is 0 Å². The standard InChI is InChI=1S/C9H8FNO3/c1-9(5-14-9)8-6(10)3-2-4-7(8)11(12)13/h2-4H,5H2,1H3. The van der Waals surface area contributed by atoms with E-state index in [-0.39, 0.29) is 11.3 Å². The van der Waals surface area contributed by atoms with Crippen LogP contribution in [0.1, 0.15) is 12.5 Å². The first-order valence-electron chi connectivity index (χ1n) is 4.12. The fourth-order valence-electron chi connectivity index (χ4n) is 1.44. The zero-order chi connectivity index (χ0) is 10.3. The van der Waals surface area contributed by atoms with Crippen LogP contribution in [0.5, 0.6) is 0 Å². The molecular weight excluding hydrogens is 189 g/mol. The molecule has 1 aliphatic rings. The molecule has 0 N–H and O–H groups in total. The van der Waals surface area contributed by atoms with E-state index in [1.165, 1.54) is 18.2 Å². The van der Waals surface area contributed by atoms with Gasteiger partial charge in [-0.15, -0.1) is 0 Å². The topological polar surface area (TPSA) is 55.7 Å². The molecule has 14 heavy (non-hydrogen) atoms. The lowest BCUT2D eigenvalue weighted by atomic mass is 9.99. The van der Waals surface area contributed by atoms with E-state index in [1.54, 1.807) is 6.92 Å². The Hall–Kier alpha value is -1.49. The van der Waals surface area contributed by atoms with Gasteiger partial charge < -0.3 is 4.74 Å². The van der Waals surface area contributed by atoms with E-state index in [4.69, 9.17) is 4.74 Å². The van der Waals surface area contributed by atoms with Gasteiger partial charge in [0.2, 0.25) is 0 Å². The second kappa shape index (κ2) is 2.75. The lowest BCUT2D eigenvalue weighted by molar-refractivity contribution is -0.386. The maximum atomic E-state index is 13.4. The maximum Gasteiger partial charge on any atom is 0.278 e. The molecule has 1 aliphatic heterocycles. The SMILES string of the molecule is CC1(c2c(F)cccc2[N+](=O)[O-])CO1. The van der Waals surface area contributed by atoms with E-state index in [9.17, 15) is 14.5 Å². The molecule has 0 saturated carbocycles. The van der Waals surface area contributed by atoms with Crippen LogP contribution in [-0.4, -0.2) is 11.5 Å². The summed E-state index contributed by atoms with van der Waals surface area (Å²) in [7, 11) is 0. The van der Waals surface area contributed by atoms with Crippen molar-refractivity contribution >= 4 is 5.69 Å². The summed E-state index contributed by atoms with van der Waals surface area (Å²) in [5, 5.41) is 10.6. The van der Waals surface area contributed by atoms with Crippen molar-refractivity contribution in [2.45, 2.75) is 12.5 Å². The molecule has 1 heterocycles. The normalized spacial score (nSPS) is 24.7. The Morgan fingerprint density at radius 1 is 1.64 bits per heavy atom. The molecule has 0 radical (unpaired) electrons. The molecule has 0 aromatic heterocycles. The Kier molecular flexibility index (Phi) is 1.78. The highest BCUT2D eigenvalue weighted by Gasteiger charge is 2.47. The minimum atomic E-state index is -0.812. The molecule has 0 spiro atoms. The van der Waals surface area contributed by atoms with Crippen molar-refractivity contribution in [1.82, 2.24) is 0 Å². The fourth-order valence-corrected chi connectivity index (χ4v) is 1.44. The van der Waals surface area contributed by atoms with Crippen molar-refractivity contribution in [2.24, 2.45) is 0 Å². The third-order valence-corrected chi connectivity index (χ3v) is 2.29. The van der Waals surface area contributed by atoms with Crippen molar-refractivity contribution < 1.29 is 14.1 Å². The van der Waals surface area contributed by atoms with Gasteiger partial charge in [0.25, 0.3) is 5.69 Å². The van der Waals surface area contributed by atoms with Gasteiger partial charge in [0.15, 0.2) is 0 Å². The number of nitro benzene ring substituents is 1. The fraction of sp³-hybridized carbons (Fsp3) is 0.333. The third-order valence-electron chi connectivity index (χ3n) is 2.29. The van der Waals surface area contributed by atoms with Gasteiger partial charge in [-0.2, -0.15) is 0 Å². The van der Waals surface area contributed by atoms with Crippen LogP contribution in [0.3, 0.4) is 0 Å². The minimum absolute atomic E-state index is 0.0463. The number of halogens is 1. The molecule has 1 saturated heterocycles. The number of rotatable bonds is 2. The van der Waals surface area contributed by atoms with Gasteiger partial charge >= 0.3 is 0 Å². The number of nitrogens with zero attached hydrogens (tertiary/aromatic N) is 1. The van der Waals surface area contributed by atoms with Crippen LogP contribution in [-0.2, 0) is 10.3 Å². The molecule has 1 fully saturated rings. The molecule has 1 aromatic carbocycles. The van der Waals surface area contributed by atoms with Crippen LogP contribution in [0.4, 0.5) is 10.1 Å². The van der Waals surface area contributed by atoms with Gasteiger partial charge in [0, 0.05) is 6.07 Å². The Morgan fingerprint density at radius 2 is 2.29 bits per heavy atom.